The zero-order valence-corrected chi connectivity index (χ0v) is 19.1. The first kappa shape index (κ1) is 22.3. The highest BCUT2D eigenvalue weighted by Crippen LogP contribution is 2.40. The summed E-state index contributed by atoms with van der Waals surface area (Å²) >= 11 is 6.07. The molecule has 0 fully saturated rings. The Morgan fingerprint density at radius 2 is 1.94 bits per heavy atom. The van der Waals surface area contributed by atoms with Gasteiger partial charge in [0.1, 0.15) is 5.82 Å². The first-order chi connectivity index (χ1) is 16.4. The fourth-order valence-electron chi connectivity index (χ4n) is 4.52. The summed E-state index contributed by atoms with van der Waals surface area (Å²) in [4.78, 5) is 25.3. The van der Waals surface area contributed by atoms with Crippen molar-refractivity contribution in [2.75, 3.05) is 18.6 Å². The van der Waals surface area contributed by atoms with E-state index in [2.05, 4.69) is 15.0 Å². The molecule has 1 aliphatic rings. The number of ether oxygens (including phenoxy) is 1. The van der Waals surface area contributed by atoms with Crippen molar-refractivity contribution in [3.8, 4) is 0 Å². The minimum Gasteiger partial charge on any atom is -0.469 e. The van der Waals surface area contributed by atoms with Crippen LogP contribution in [-0.4, -0.2) is 34.6 Å². The number of nitrogens with zero attached hydrogens (tertiary/aromatic N) is 3. The van der Waals surface area contributed by atoms with Gasteiger partial charge in [0.05, 0.1) is 30.6 Å². The molecule has 1 unspecified atom stereocenters. The maximum Gasteiger partial charge on any atom is 0.305 e. The maximum absolute atomic E-state index is 14.2. The van der Waals surface area contributed by atoms with E-state index in [-0.39, 0.29) is 17.0 Å². The number of methoxy groups -OCH3 is 1. The second-order valence-electron chi connectivity index (χ2n) is 8.19. The van der Waals surface area contributed by atoms with E-state index in [9.17, 15) is 13.6 Å². The second kappa shape index (κ2) is 9.02. The number of hydrogen-bond acceptors (Lipinski definition) is 5. The van der Waals surface area contributed by atoms with Crippen LogP contribution in [-0.2, 0) is 22.4 Å². The summed E-state index contributed by atoms with van der Waals surface area (Å²) in [6, 6.07) is 10.7. The average Bonchev–Trinajstić information content (AvgIpc) is 3.20. The molecule has 0 amide bonds. The molecule has 9 heteroatoms. The summed E-state index contributed by atoms with van der Waals surface area (Å²) in [6.07, 6.45) is 3.81. The Morgan fingerprint density at radius 1 is 1.21 bits per heavy atom. The number of benzene rings is 2. The van der Waals surface area contributed by atoms with Gasteiger partial charge in [-0.2, -0.15) is 0 Å². The van der Waals surface area contributed by atoms with Gasteiger partial charge >= 0.3 is 5.97 Å². The number of aryl methyl sites for hydroxylation is 1. The van der Waals surface area contributed by atoms with Crippen LogP contribution in [0.2, 0.25) is 5.02 Å². The highest BCUT2D eigenvalue weighted by Gasteiger charge is 2.33. The lowest BCUT2D eigenvalue weighted by Crippen LogP contribution is -2.37. The Balaban J connectivity index is 1.58. The van der Waals surface area contributed by atoms with Crippen molar-refractivity contribution in [3.05, 3.63) is 87.8 Å². The number of carbonyl (C=O) groups is 1. The van der Waals surface area contributed by atoms with Gasteiger partial charge in [-0.15, -0.1) is 0 Å². The van der Waals surface area contributed by atoms with Crippen molar-refractivity contribution >= 4 is 34.4 Å². The largest absolute Gasteiger partial charge is 0.469 e. The van der Waals surface area contributed by atoms with Crippen LogP contribution >= 0.6 is 11.6 Å². The summed E-state index contributed by atoms with van der Waals surface area (Å²) < 4.78 is 32.4. The third-order valence-corrected chi connectivity index (χ3v) is 6.46. The molecular formula is C25H21ClF2N4O2. The maximum atomic E-state index is 14.2. The molecule has 174 valence electrons. The van der Waals surface area contributed by atoms with E-state index < -0.39 is 11.6 Å². The molecule has 0 saturated carbocycles. The molecule has 2 aromatic heterocycles. The van der Waals surface area contributed by atoms with Gasteiger partial charge < -0.3 is 14.6 Å². The SMILES string of the molecule is COC(=O)CCc1ccc(C2c3[nH]c4cc(F)c(Cl)cc4c3CCN2c2ncc(F)cn2)cc1. The van der Waals surface area contributed by atoms with Crippen LogP contribution in [0, 0.1) is 11.6 Å². The molecule has 3 heterocycles. The second-order valence-corrected chi connectivity index (χ2v) is 8.60. The number of fused-ring (bicyclic) bond motifs is 3. The molecule has 1 aliphatic heterocycles. The molecule has 2 aromatic carbocycles. The van der Waals surface area contributed by atoms with Crippen molar-refractivity contribution in [1.82, 2.24) is 15.0 Å². The Labute approximate surface area is 199 Å². The molecule has 0 bridgehead atoms. The van der Waals surface area contributed by atoms with Gasteiger partial charge in [-0.05, 0) is 41.7 Å². The standard InChI is InChI=1S/C25H21ClF2N4O2/c1-34-22(33)7-4-14-2-5-15(6-3-14)24-23-17(18-10-19(26)20(28)11-21(18)31-23)8-9-32(24)25-29-12-16(27)13-30-25/h2-3,5-6,10-13,24,31H,4,7-9H2,1H3. The molecule has 5 rings (SSSR count). The quantitative estimate of drug-likeness (QED) is 0.398. The number of hydrogen-bond donors (Lipinski definition) is 1. The Kier molecular flexibility index (Phi) is 5.91. The fraction of sp³-hybridized carbons (Fsp3) is 0.240. The molecule has 0 aliphatic carbocycles. The zero-order valence-electron chi connectivity index (χ0n) is 18.3. The average molecular weight is 483 g/mol. The van der Waals surface area contributed by atoms with Crippen LogP contribution in [0.3, 0.4) is 0 Å². The third-order valence-electron chi connectivity index (χ3n) is 6.17. The van der Waals surface area contributed by atoms with Crippen molar-refractivity contribution in [2.45, 2.75) is 25.3 Å². The van der Waals surface area contributed by atoms with Crippen LogP contribution in [0.5, 0.6) is 0 Å². The van der Waals surface area contributed by atoms with Crippen LogP contribution in [0.4, 0.5) is 14.7 Å². The lowest BCUT2D eigenvalue weighted by Gasteiger charge is -2.36. The van der Waals surface area contributed by atoms with Crippen molar-refractivity contribution < 1.29 is 18.3 Å². The third kappa shape index (κ3) is 4.09. The van der Waals surface area contributed by atoms with Crippen molar-refractivity contribution in [3.63, 3.8) is 0 Å². The number of rotatable bonds is 5. The fourth-order valence-corrected chi connectivity index (χ4v) is 4.68. The van der Waals surface area contributed by atoms with Gasteiger partial charge in [-0.1, -0.05) is 35.9 Å². The van der Waals surface area contributed by atoms with Gasteiger partial charge in [0, 0.05) is 29.6 Å². The number of nitrogens with one attached hydrogen (secondary N) is 1. The van der Waals surface area contributed by atoms with Crippen LogP contribution < -0.4 is 4.90 Å². The molecule has 4 aromatic rings. The molecular weight excluding hydrogens is 462 g/mol. The summed E-state index contributed by atoms with van der Waals surface area (Å²) in [5, 5.41) is 0.950. The Morgan fingerprint density at radius 3 is 2.65 bits per heavy atom. The summed E-state index contributed by atoms with van der Waals surface area (Å²) in [7, 11) is 1.37. The minimum absolute atomic E-state index is 0.0742. The zero-order chi connectivity index (χ0) is 23.8. The molecule has 0 saturated heterocycles. The van der Waals surface area contributed by atoms with Gasteiger partial charge in [0.15, 0.2) is 5.82 Å². The summed E-state index contributed by atoms with van der Waals surface area (Å²) in [6.45, 7) is 0.579. The highest BCUT2D eigenvalue weighted by molar-refractivity contribution is 6.31. The lowest BCUT2D eigenvalue weighted by molar-refractivity contribution is -0.140. The van der Waals surface area contributed by atoms with Crippen molar-refractivity contribution in [2.24, 2.45) is 0 Å². The van der Waals surface area contributed by atoms with E-state index in [1.807, 2.05) is 29.2 Å². The monoisotopic (exact) mass is 482 g/mol. The van der Waals surface area contributed by atoms with Crippen molar-refractivity contribution in [1.29, 1.82) is 0 Å². The highest BCUT2D eigenvalue weighted by atomic mass is 35.5. The Hall–Kier alpha value is -3.52. The summed E-state index contributed by atoms with van der Waals surface area (Å²) in [5.41, 5.74) is 4.55. The lowest BCUT2D eigenvalue weighted by atomic mass is 9.92. The first-order valence-electron chi connectivity index (χ1n) is 10.8. The molecule has 1 atom stereocenters. The topological polar surface area (TPSA) is 71.1 Å². The minimum atomic E-state index is -0.510. The normalized spacial score (nSPS) is 15.4. The molecule has 0 radical (unpaired) electrons. The number of esters is 1. The van der Waals surface area contributed by atoms with Crippen LogP contribution in [0.15, 0.2) is 48.8 Å². The van der Waals surface area contributed by atoms with Gasteiger partial charge in [0.2, 0.25) is 5.95 Å². The summed E-state index contributed by atoms with van der Waals surface area (Å²) in [5.74, 6) is -0.860. The predicted octanol–water partition coefficient (Wildman–Crippen LogP) is 5.15. The van der Waals surface area contributed by atoms with E-state index in [0.717, 1.165) is 40.2 Å². The van der Waals surface area contributed by atoms with E-state index in [1.165, 1.54) is 13.2 Å². The smallest absolute Gasteiger partial charge is 0.305 e. The molecule has 1 N–H and O–H groups in total. The number of aromatic amines is 1. The molecule has 6 nitrogen and oxygen atoms in total. The van der Waals surface area contributed by atoms with Crippen LogP contribution in [0.1, 0.15) is 34.8 Å². The van der Waals surface area contributed by atoms with Gasteiger partial charge in [-0.3, -0.25) is 4.79 Å². The van der Waals surface area contributed by atoms with E-state index in [1.54, 1.807) is 6.07 Å². The predicted molar refractivity (Wildman–Crippen MR) is 125 cm³/mol. The van der Waals surface area contributed by atoms with E-state index >= 15 is 0 Å². The van der Waals surface area contributed by atoms with E-state index in [4.69, 9.17) is 16.3 Å². The van der Waals surface area contributed by atoms with Gasteiger partial charge in [0.25, 0.3) is 0 Å². The molecule has 0 spiro atoms. The number of carbonyl (C=O) groups excluding carboxylic acids is 1. The van der Waals surface area contributed by atoms with Gasteiger partial charge in [-0.25, -0.2) is 18.7 Å². The number of H-pyrrole nitrogens is 1. The Bertz CT molecular complexity index is 1360. The van der Waals surface area contributed by atoms with E-state index in [0.29, 0.717) is 37.3 Å². The first-order valence-corrected chi connectivity index (χ1v) is 11.2. The number of anilines is 1. The number of halogens is 3. The molecule has 34 heavy (non-hydrogen) atoms. The van der Waals surface area contributed by atoms with Crippen LogP contribution in [0.25, 0.3) is 10.9 Å². The number of aromatic nitrogens is 3.